The van der Waals surface area contributed by atoms with Crippen molar-refractivity contribution >= 4 is 73.6 Å². The zero-order chi connectivity index (χ0) is 16.7. The number of hydrogen-bond acceptors (Lipinski definition) is 4. The molecule has 1 aromatic heterocycles. The van der Waals surface area contributed by atoms with Gasteiger partial charge in [-0.25, -0.2) is 0 Å². The lowest BCUT2D eigenvalue weighted by atomic mass is 10.1. The number of halogens is 4. The van der Waals surface area contributed by atoms with Crippen LogP contribution in [0.3, 0.4) is 0 Å². The molecule has 1 aliphatic rings. The summed E-state index contributed by atoms with van der Waals surface area (Å²) in [6.07, 6.45) is 0. The number of rotatable bonds is 2. The monoisotopic (exact) mass is 518 g/mol. The van der Waals surface area contributed by atoms with Gasteiger partial charge in [-0.15, -0.1) is 27.2 Å². The van der Waals surface area contributed by atoms with Crippen molar-refractivity contribution in [3.63, 3.8) is 0 Å². The summed E-state index contributed by atoms with van der Waals surface area (Å²) in [5.41, 5.74) is 2.82. The maximum absolute atomic E-state index is 6.10. The third kappa shape index (κ3) is 3.95. The van der Waals surface area contributed by atoms with E-state index in [4.69, 9.17) is 28.3 Å². The third-order valence-electron chi connectivity index (χ3n) is 3.47. The van der Waals surface area contributed by atoms with Crippen LogP contribution in [0.4, 0.5) is 0 Å². The SMILES string of the molecule is Br.Clc1cc(Cl)cc(-c2nnc3n2N=C(c2ccc(Br)cc2)CS3)c1. The average molecular weight is 521 g/mol. The molecule has 1 aliphatic heterocycles. The average Bonchev–Trinajstić information content (AvgIpc) is 2.97. The highest BCUT2D eigenvalue weighted by Gasteiger charge is 2.21. The van der Waals surface area contributed by atoms with Crippen LogP contribution in [-0.2, 0) is 0 Å². The predicted molar refractivity (Wildman–Crippen MR) is 113 cm³/mol. The molecular formula is C16H10Br2Cl2N4S. The van der Waals surface area contributed by atoms with Crippen molar-refractivity contribution in [1.29, 1.82) is 0 Å². The Kier molecular flexibility index (Phi) is 5.90. The number of benzene rings is 2. The molecule has 3 aromatic rings. The van der Waals surface area contributed by atoms with Gasteiger partial charge in [0.15, 0.2) is 5.82 Å². The van der Waals surface area contributed by atoms with E-state index in [-0.39, 0.29) is 17.0 Å². The maximum Gasteiger partial charge on any atom is 0.212 e. The Morgan fingerprint density at radius 1 is 0.960 bits per heavy atom. The second-order valence-electron chi connectivity index (χ2n) is 5.12. The van der Waals surface area contributed by atoms with E-state index in [0.29, 0.717) is 15.9 Å². The molecule has 0 N–H and O–H groups in total. The molecule has 0 amide bonds. The summed E-state index contributed by atoms with van der Waals surface area (Å²) in [5.74, 6) is 1.37. The zero-order valence-electron chi connectivity index (χ0n) is 12.5. The lowest BCUT2D eigenvalue weighted by Gasteiger charge is -2.14. The summed E-state index contributed by atoms with van der Waals surface area (Å²) in [6.45, 7) is 0. The van der Waals surface area contributed by atoms with E-state index < -0.39 is 0 Å². The molecule has 0 aliphatic carbocycles. The first-order valence-electron chi connectivity index (χ1n) is 6.98. The molecule has 0 saturated heterocycles. The van der Waals surface area contributed by atoms with Crippen molar-refractivity contribution < 1.29 is 0 Å². The maximum atomic E-state index is 6.10. The van der Waals surface area contributed by atoms with Gasteiger partial charge in [-0.05, 0) is 35.9 Å². The van der Waals surface area contributed by atoms with Crippen molar-refractivity contribution in [2.24, 2.45) is 5.10 Å². The normalized spacial score (nSPS) is 13.0. The van der Waals surface area contributed by atoms with Gasteiger partial charge in [0.05, 0.1) is 5.71 Å². The van der Waals surface area contributed by atoms with Gasteiger partial charge in [-0.3, -0.25) is 0 Å². The lowest BCUT2D eigenvalue weighted by molar-refractivity contribution is 0.762. The fourth-order valence-electron chi connectivity index (χ4n) is 2.37. The van der Waals surface area contributed by atoms with E-state index in [1.165, 1.54) is 0 Å². The third-order valence-corrected chi connectivity index (χ3v) is 5.36. The number of hydrogen-bond donors (Lipinski definition) is 0. The molecule has 0 bridgehead atoms. The molecule has 0 spiro atoms. The Morgan fingerprint density at radius 2 is 1.64 bits per heavy atom. The Balaban J connectivity index is 0.00000182. The fourth-order valence-corrected chi connectivity index (χ4v) is 4.00. The van der Waals surface area contributed by atoms with Gasteiger partial charge in [-0.2, -0.15) is 9.78 Å². The zero-order valence-corrected chi connectivity index (χ0v) is 18.1. The summed E-state index contributed by atoms with van der Waals surface area (Å²) in [7, 11) is 0. The minimum atomic E-state index is 0. The first kappa shape index (κ1) is 18.9. The highest BCUT2D eigenvalue weighted by molar-refractivity contribution is 9.10. The predicted octanol–water partition coefficient (Wildman–Crippen LogP) is 5.95. The van der Waals surface area contributed by atoms with E-state index in [1.807, 2.05) is 24.3 Å². The molecule has 0 unspecified atom stereocenters. The quantitative estimate of drug-likeness (QED) is 0.419. The van der Waals surface area contributed by atoms with Crippen LogP contribution >= 0.6 is 67.9 Å². The Hall–Kier alpha value is -0.860. The molecule has 0 radical (unpaired) electrons. The van der Waals surface area contributed by atoms with Crippen LogP contribution in [-0.4, -0.2) is 26.3 Å². The van der Waals surface area contributed by atoms with Crippen LogP contribution < -0.4 is 0 Å². The van der Waals surface area contributed by atoms with Gasteiger partial charge in [0.2, 0.25) is 5.16 Å². The topological polar surface area (TPSA) is 43.1 Å². The van der Waals surface area contributed by atoms with E-state index in [2.05, 4.69) is 26.1 Å². The standard InChI is InChI=1S/C16H9BrCl2N4S.BrH/c17-11-3-1-9(2-4-11)14-8-24-16-21-20-15(23(16)22-14)10-5-12(18)7-13(19)6-10;/h1-7H,8H2;1H. The molecular weight excluding hydrogens is 511 g/mol. The van der Waals surface area contributed by atoms with Gasteiger partial charge < -0.3 is 0 Å². The summed E-state index contributed by atoms with van der Waals surface area (Å²) < 4.78 is 2.78. The molecule has 25 heavy (non-hydrogen) atoms. The van der Waals surface area contributed by atoms with Crippen molar-refractivity contribution in [1.82, 2.24) is 14.9 Å². The van der Waals surface area contributed by atoms with Crippen LogP contribution in [0.1, 0.15) is 5.56 Å². The molecule has 0 fully saturated rings. The minimum Gasteiger partial charge on any atom is -0.187 e. The van der Waals surface area contributed by atoms with Gasteiger partial charge in [0.25, 0.3) is 0 Å². The number of fused-ring (bicyclic) bond motifs is 1. The molecule has 2 heterocycles. The smallest absolute Gasteiger partial charge is 0.187 e. The van der Waals surface area contributed by atoms with E-state index in [9.17, 15) is 0 Å². The summed E-state index contributed by atoms with van der Waals surface area (Å²) in [5, 5.41) is 15.0. The highest BCUT2D eigenvalue weighted by Crippen LogP contribution is 2.31. The van der Waals surface area contributed by atoms with Gasteiger partial charge in [-0.1, -0.05) is 63.0 Å². The van der Waals surface area contributed by atoms with Crippen LogP contribution in [0.2, 0.25) is 10.0 Å². The van der Waals surface area contributed by atoms with Gasteiger partial charge in [0, 0.05) is 25.8 Å². The fraction of sp³-hybridized carbons (Fsp3) is 0.0625. The first-order valence-corrected chi connectivity index (χ1v) is 9.52. The molecule has 0 saturated carbocycles. The number of thioether (sulfide) groups is 1. The lowest BCUT2D eigenvalue weighted by Crippen LogP contribution is -2.13. The second-order valence-corrected chi connectivity index (χ2v) is 7.85. The van der Waals surface area contributed by atoms with Crippen molar-refractivity contribution in [2.45, 2.75) is 5.16 Å². The molecule has 9 heteroatoms. The molecule has 0 atom stereocenters. The largest absolute Gasteiger partial charge is 0.212 e. The Morgan fingerprint density at radius 3 is 2.32 bits per heavy atom. The number of aromatic nitrogens is 3. The first-order chi connectivity index (χ1) is 11.6. The van der Waals surface area contributed by atoms with Crippen LogP contribution in [0.25, 0.3) is 11.4 Å². The number of nitrogens with zero attached hydrogens (tertiary/aromatic N) is 4. The highest BCUT2D eigenvalue weighted by atomic mass is 79.9. The molecule has 128 valence electrons. The van der Waals surface area contributed by atoms with Crippen LogP contribution in [0.5, 0.6) is 0 Å². The summed E-state index contributed by atoms with van der Waals surface area (Å²) >= 11 is 17.3. The van der Waals surface area contributed by atoms with Crippen molar-refractivity contribution in [2.75, 3.05) is 5.75 Å². The minimum absolute atomic E-state index is 0. The van der Waals surface area contributed by atoms with E-state index in [1.54, 1.807) is 34.6 Å². The van der Waals surface area contributed by atoms with Crippen LogP contribution in [0.15, 0.2) is 57.2 Å². The summed E-state index contributed by atoms with van der Waals surface area (Å²) in [6, 6.07) is 13.4. The Bertz CT molecular complexity index is 937. The van der Waals surface area contributed by atoms with E-state index >= 15 is 0 Å². The van der Waals surface area contributed by atoms with Gasteiger partial charge >= 0.3 is 0 Å². The molecule has 2 aromatic carbocycles. The molecule has 4 rings (SSSR count). The van der Waals surface area contributed by atoms with Crippen molar-refractivity contribution in [3.05, 3.63) is 62.5 Å². The Labute approximate surface area is 177 Å². The van der Waals surface area contributed by atoms with Crippen molar-refractivity contribution in [3.8, 4) is 11.4 Å². The summed E-state index contributed by atoms with van der Waals surface area (Å²) in [4.78, 5) is 0. The van der Waals surface area contributed by atoms with E-state index in [0.717, 1.165) is 32.2 Å². The second kappa shape index (κ2) is 7.80. The van der Waals surface area contributed by atoms with Gasteiger partial charge in [0.1, 0.15) is 0 Å². The molecule has 4 nitrogen and oxygen atoms in total. The van der Waals surface area contributed by atoms with Crippen LogP contribution in [0, 0.1) is 0 Å².